The fourth-order valence-electron chi connectivity index (χ4n) is 0.662. The molecule has 0 N–H and O–H groups in total. The summed E-state index contributed by atoms with van der Waals surface area (Å²) in [4.78, 5) is 10.4. The van der Waals surface area contributed by atoms with Crippen LogP contribution in [0.1, 0.15) is 10.4 Å². The van der Waals surface area contributed by atoms with E-state index in [1.54, 1.807) is 0 Å². The summed E-state index contributed by atoms with van der Waals surface area (Å²) in [5, 5.41) is 0.483. The van der Waals surface area contributed by atoms with Crippen molar-refractivity contribution in [1.29, 1.82) is 0 Å². The lowest BCUT2D eigenvalue weighted by molar-refractivity contribution is 0.111. The molecule has 0 atom stereocenters. The summed E-state index contributed by atoms with van der Waals surface area (Å²) in [6.07, 6.45) is 0.668. The molecule has 1 aromatic rings. The lowest BCUT2D eigenvalue weighted by atomic mass is 10.4. The maximum atomic E-state index is 10.4. The van der Waals surface area contributed by atoms with Crippen molar-refractivity contribution in [2.24, 2.45) is 0 Å². The molecule has 11 heavy (non-hydrogen) atoms. The van der Waals surface area contributed by atoms with Gasteiger partial charge in [0.25, 0.3) is 0 Å². The van der Waals surface area contributed by atoms with Gasteiger partial charge >= 0.3 is 0 Å². The Bertz CT molecular complexity index is 237. The van der Waals surface area contributed by atoms with Crippen LogP contribution >= 0.6 is 11.5 Å². The van der Waals surface area contributed by atoms with Crippen LogP contribution in [0.3, 0.4) is 0 Å². The molecule has 0 fully saturated rings. The average molecular weight is 173 g/mol. The SMILES string of the molecule is COc1nsc(OC)c1C=O. The van der Waals surface area contributed by atoms with E-state index in [0.29, 0.717) is 22.8 Å². The van der Waals surface area contributed by atoms with Crippen LogP contribution in [-0.4, -0.2) is 24.9 Å². The van der Waals surface area contributed by atoms with E-state index in [-0.39, 0.29) is 0 Å². The lowest BCUT2D eigenvalue weighted by Crippen LogP contribution is -1.89. The highest BCUT2D eigenvalue weighted by Gasteiger charge is 2.13. The molecule has 0 aliphatic rings. The summed E-state index contributed by atoms with van der Waals surface area (Å²) in [6, 6.07) is 0. The second kappa shape index (κ2) is 3.34. The molecule has 0 amide bonds. The zero-order valence-electron chi connectivity index (χ0n) is 6.16. The van der Waals surface area contributed by atoms with Crippen LogP contribution < -0.4 is 9.47 Å². The minimum absolute atomic E-state index is 0.321. The second-order valence-electron chi connectivity index (χ2n) is 1.71. The third-order valence-corrected chi connectivity index (χ3v) is 1.97. The van der Waals surface area contributed by atoms with Crippen LogP contribution in [-0.2, 0) is 0 Å². The van der Waals surface area contributed by atoms with E-state index in [4.69, 9.17) is 9.47 Å². The van der Waals surface area contributed by atoms with Crippen molar-refractivity contribution < 1.29 is 14.3 Å². The van der Waals surface area contributed by atoms with Gasteiger partial charge in [-0.05, 0) is 0 Å². The minimum Gasteiger partial charge on any atom is -0.486 e. The standard InChI is InChI=1S/C6H7NO3S/c1-9-5-4(3-8)6(10-2)11-7-5/h3H,1-2H3. The van der Waals surface area contributed by atoms with Crippen molar-refractivity contribution >= 4 is 17.8 Å². The van der Waals surface area contributed by atoms with Crippen molar-refractivity contribution in [3.05, 3.63) is 5.56 Å². The number of carbonyl (C=O) groups excluding carboxylic acids is 1. The van der Waals surface area contributed by atoms with Crippen LogP contribution in [0, 0.1) is 0 Å². The van der Waals surface area contributed by atoms with Crippen molar-refractivity contribution in [3.63, 3.8) is 0 Å². The maximum absolute atomic E-state index is 10.4. The number of carbonyl (C=O) groups is 1. The third-order valence-electron chi connectivity index (χ3n) is 1.16. The first-order chi connectivity index (χ1) is 5.33. The fourth-order valence-corrected chi connectivity index (χ4v) is 1.31. The topological polar surface area (TPSA) is 48.4 Å². The Labute approximate surface area is 67.9 Å². The van der Waals surface area contributed by atoms with Crippen molar-refractivity contribution in [2.45, 2.75) is 0 Å². The number of hydrogen-bond donors (Lipinski definition) is 0. The molecule has 0 unspecified atom stereocenters. The van der Waals surface area contributed by atoms with Crippen LogP contribution in [0.5, 0.6) is 10.9 Å². The molecular formula is C6H7NO3S. The molecule has 1 aromatic heterocycles. The quantitative estimate of drug-likeness (QED) is 0.639. The van der Waals surface area contributed by atoms with E-state index < -0.39 is 0 Å². The molecule has 4 nitrogen and oxygen atoms in total. The van der Waals surface area contributed by atoms with E-state index in [1.165, 1.54) is 14.2 Å². The molecule has 0 bridgehead atoms. The van der Waals surface area contributed by atoms with E-state index in [2.05, 4.69) is 4.37 Å². The highest BCUT2D eigenvalue weighted by Crippen LogP contribution is 2.30. The largest absolute Gasteiger partial charge is 0.486 e. The van der Waals surface area contributed by atoms with E-state index in [1.807, 2.05) is 0 Å². The normalized spacial score (nSPS) is 9.27. The number of aromatic nitrogens is 1. The zero-order chi connectivity index (χ0) is 8.27. The summed E-state index contributed by atoms with van der Waals surface area (Å²) in [7, 11) is 2.95. The van der Waals surface area contributed by atoms with Crippen LogP contribution in [0.2, 0.25) is 0 Å². The monoisotopic (exact) mass is 173 g/mol. The number of rotatable bonds is 3. The molecule has 0 spiro atoms. The summed E-state index contributed by atoms with van der Waals surface area (Å²) >= 11 is 1.10. The highest BCUT2D eigenvalue weighted by molar-refractivity contribution is 7.08. The smallest absolute Gasteiger partial charge is 0.239 e. The fraction of sp³-hybridized carbons (Fsp3) is 0.333. The van der Waals surface area contributed by atoms with Gasteiger partial charge in [0.2, 0.25) is 10.9 Å². The third kappa shape index (κ3) is 1.32. The van der Waals surface area contributed by atoms with E-state index in [0.717, 1.165) is 11.5 Å². The molecule has 5 heteroatoms. The van der Waals surface area contributed by atoms with Crippen molar-refractivity contribution in [1.82, 2.24) is 4.37 Å². The Morgan fingerprint density at radius 3 is 2.64 bits per heavy atom. The Hall–Kier alpha value is -1.10. The lowest BCUT2D eigenvalue weighted by Gasteiger charge is -1.94. The predicted molar refractivity (Wildman–Crippen MR) is 40.6 cm³/mol. The number of aldehydes is 1. The number of methoxy groups -OCH3 is 2. The molecule has 0 aliphatic heterocycles. The van der Waals surface area contributed by atoms with Gasteiger partial charge < -0.3 is 9.47 Å². The molecule has 0 saturated heterocycles. The van der Waals surface area contributed by atoms with E-state index in [9.17, 15) is 4.79 Å². The van der Waals surface area contributed by atoms with Gasteiger partial charge in [-0.2, -0.15) is 4.37 Å². The molecule has 60 valence electrons. The highest BCUT2D eigenvalue weighted by atomic mass is 32.1. The van der Waals surface area contributed by atoms with Gasteiger partial charge in [-0.25, -0.2) is 0 Å². The molecule has 1 rings (SSSR count). The average Bonchev–Trinajstić information content (AvgIpc) is 2.45. The number of hydrogen-bond acceptors (Lipinski definition) is 5. The molecule has 0 aliphatic carbocycles. The summed E-state index contributed by atoms with van der Waals surface area (Å²) in [5.74, 6) is 0.321. The molecule has 0 aromatic carbocycles. The van der Waals surface area contributed by atoms with Gasteiger partial charge in [0.1, 0.15) is 5.56 Å². The second-order valence-corrected chi connectivity index (χ2v) is 2.45. The van der Waals surface area contributed by atoms with Crippen LogP contribution in [0.15, 0.2) is 0 Å². The van der Waals surface area contributed by atoms with Gasteiger partial charge in [0.05, 0.1) is 14.2 Å². The Morgan fingerprint density at radius 2 is 2.18 bits per heavy atom. The van der Waals surface area contributed by atoms with Gasteiger partial charge in [0, 0.05) is 11.5 Å². The summed E-state index contributed by atoms with van der Waals surface area (Å²) < 4.78 is 13.5. The molecule has 0 radical (unpaired) electrons. The first kappa shape index (κ1) is 8.00. The van der Waals surface area contributed by atoms with Gasteiger partial charge in [-0.1, -0.05) is 0 Å². The van der Waals surface area contributed by atoms with Crippen molar-refractivity contribution in [3.8, 4) is 10.9 Å². The maximum Gasteiger partial charge on any atom is 0.239 e. The first-order valence-corrected chi connectivity index (χ1v) is 3.63. The first-order valence-electron chi connectivity index (χ1n) is 2.86. The van der Waals surface area contributed by atoms with Gasteiger partial charge in [0.15, 0.2) is 6.29 Å². The van der Waals surface area contributed by atoms with Gasteiger partial charge in [-0.15, -0.1) is 0 Å². The van der Waals surface area contributed by atoms with Crippen LogP contribution in [0.25, 0.3) is 0 Å². The van der Waals surface area contributed by atoms with Crippen LogP contribution in [0.4, 0.5) is 0 Å². The molecular weight excluding hydrogens is 166 g/mol. The van der Waals surface area contributed by atoms with Gasteiger partial charge in [-0.3, -0.25) is 4.79 Å². The molecule has 0 saturated carbocycles. The number of nitrogens with zero attached hydrogens (tertiary/aromatic N) is 1. The summed E-state index contributed by atoms with van der Waals surface area (Å²) in [6.45, 7) is 0. The number of ether oxygens (including phenoxy) is 2. The Kier molecular flexibility index (Phi) is 2.43. The Morgan fingerprint density at radius 1 is 1.45 bits per heavy atom. The Balaban J connectivity index is 3.08. The van der Waals surface area contributed by atoms with Crippen molar-refractivity contribution in [2.75, 3.05) is 14.2 Å². The predicted octanol–water partition coefficient (Wildman–Crippen LogP) is 0.973. The zero-order valence-corrected chi connectivity index (χ0v) is 6.97. The minimum atomic E-state index is 0.321. The summed E-state index contributed by atoms with van der Waals surface area (Å²) in [5.41, 5.74) is 0.375. The van der Waals surface area contributed by atoms with E-state index >= 15 is 0 Å². The molecule has 1 heterocycles.